The van der Waals surface area contributed by atoms with Gasteiger partial charge in [0.2, 0.25) is 5.91 Å². The van der Waals surface area contributed by atoms with E-state index in [1.54, 1.807) is 0 Å². The van der Waals surface area contributed by atoms with Crippen LogP contribution in [0.4, 0.5) is 0 Å². The molecule has 2 N–H and O–H groups in total. The van der Waals surface area contributed by atoms with Crippen LogP contribution in [0.3, 0.4) is 0 Å². The monoisotopic (exact) mass is 1010 g/mol. The quantitative estimate of drug-likeness (QED) is 0.0156. The van der Waals surface area contributed by atoms with Gasteiger partial charge in [-0.15, -0.1) is 0 Å². The molecular weight excluding hydrogens is 892 g/mol. The highest BCUT2D eigenvalue weighted by Gasteiger charge is 2.30. The summed E-state index contributed by atoms with van der Waals surface area (Å²) in [6.45, 7) is 6.98. The van der Waals surface area contributed by atoms with Crippen molar-refractivity contribution >= 4 is 19.7 Å². The van der Waals surface area contributed by atoms with Gasteiger partial charge >= 0.3 is 13.8 Å². The third-order valence-electron chi connectivity index (χ3n) is 13.0. The van der Waals surface area contributed by atoms with Crippen LogP contribution in [0.2, 0.25) is 0 Å². The van der Waals surface area contributed by atoms with E-state index in [1.165, 1.54) is 141 Å². The number of ether oxygens (including phenoxy) is 1. The van der Waals surface area contributed by atoms with Crippen molar-refractivity contribution in [3.63, 3.8) is 0 Å². The van der Waals surface area contributed by atoms with Gasteiger partial charge in [0, 0.05) is 12.8 Å². The minimum absolute atomic E-state index is 0.0367. The van der Waals surface area contributed by atoms with Gasteiger partial charge in [0.25, 0.3) is 0 Å². The molecule has 0 heterocycles. The van der Waals surface area contributed by atoms with Gasteiger partial charge in [-0.05, 0) is 83.1 Å². The molecule has 0 aliphatic heterocycles. The molecule has 1 amide bonds. The first-order valence-electron chi connectivity index (χ1n) is 29.5. The fraction of sp³-hybridized carbons (Fsp3) is 0.833. The molecule has 0 spiro atoms. The minimum atomic E-state index is -4.45. The van der Waals surface area contributed by atoms with Crippen LogP contribution in [0.5, 0.6) is 0 Å². The lowest BCUT2D eigenvalue weighted by molar-refractivity contribution is -0.870. The van der Waals surface area contributed by atoms with Crippen LogP contribution >= 0.6 is 7.82 Å². The SMILES string of the molecule is CCCCC/C=C/C=C/CCCCCCCCC(=O)OC(/C=C/CCCCCCCCCCCCC)C(COP(=O)(O)OCC[N+](C)(C)C)NC(=O)CCCCCCC/C=C/CCCCCCCCC. The van der Waals surface area contributed by atoms with E-state index in [0.29, 0.717) is 17.4 Å². The molecule has 410 valence electrons. The lowest BCUT2D eigenvalue weighted by Crippen LogP contribution is -2.47. The summed E-state index contributed by atoms with van der Waals surface area (Å²) in [5.74, 6) is -0.523. The predicted molar refractivity (Wildman–Crippen MR) is 300 cm³/mol. The number of carbonyl (C=O) groups is 2. The molecule has 0 aromatic heterocycles. The maximum Gasteiger partial charge on any atom is 0.472 e. The van der Waals surface area contributed by atoms with Gasteiger partial charge in [-0.25, -0.2) is 4.57 Å². The smallest absolute Gasteiger partial charge is 0.456 e. The van der Waals surface area contributed by atoms with Crippen LogP contribution in [0.15, 0.2) is 48.6 Å². The number of allylic oxidation sites excluding steroid dienone is 7. The Hall–Kier alpha value is -2.03. The van der Waals surface area contributed by atoms with Crippen LogP contribution < -0.4 is 5.32 Å². The van der Waals surface area contributed by atoms with Gasteiger partial charge in [-0.2, -0.15) is 0 Å². The topological polar surface area (TPSA) is 111 Å². The standard InChI is InChI=1S/C60H113N2O7P/c1-7-10-13-16-19-22-25-28-30-32-34-37-40-43-46-49-52-59(63)61-57(56-68-70(65,66)67-55-54-62(4,5)6)58(51-48-45-42-39-36-33-27-24-21-18-15-12-9-3)69-60(64)53-50-47-44-41-38-35-31-29-26-23-20-17-14-11-8-2/h20,23,26,29-30,32,48,51,57-58H,7-19,21-22,24-25,27-28,31,33-47,49-50,52-56H2,1-6H3,(H-,61,63,65,66)/p+1/b23-20+,29-26+,32-30+,51-48+. The summed E-state index contributed by atoms with van der Waals surface area (Å²) < 4.78 is 30.6. The second kappa shape index (κ2) is 50.5. The summed E-state index contributed by atoms with van der Waals surface area (Å²) in [5, 5.41) is 3.05. The zero-order valence-electron chi connectivity index (χ0n) is 46.8. The zero-order valence-corrected chi connectivity index (χ0v) is 47.7. The Morgan fingerprint density at radius 3 is 1.33 bits per heavy atom. The third kappa shape index (κ3) is 50.9. The largest absolute Gasteiger partial charge is 0.472 e. The Kier molecular flexibility index (Phi) is 49.0. The van der Waals surface area contributed by atoms with E-state index in [2.05, 4.69) is 62.5 Å². The fourth-order valence-electron chi connectivity index (χ4n) is 8.40. The summed E-state index contributed by atoms with van der Waals surface area (Å²) in [5.41, 5.74) is 0. The van der Waals surface area contributed by atoms with Gasteiger partial charge in [-0.1, -0.05) is 224 Å². The highest BCUT2D eigenvalue weighted by atomic mass is 31.2. The van der Waals surface area contributed by atoms with Crippen molar-refractivity contribution in [2.75, 3.05) is 40.9 Å². The van der Waals surface area contributed by atoms with E-state index in [0.717, 1.165) is 96.3 Å². The molecule has 0 aromatic rings. The molecular formula is C60H114N2O7P+. The van der Waals surface area contributed by atoms with Gasteiger partial charge in [0.1, 0.15) is 19.3 Å². The fourth-order valence-corrected chi connectivity index (χ4v) is 9.13. The minimum Gasteiger partial charge on any atom is -0.456 e. The number of nitrogens with zero attached hydrogens (tertiary/aromatic N) is 1. The molecule has 0 fully saturated rings. The molecule has 0 bridgehead atoms. The number of phosphoric acid groups is 1. The third-order valence-corrected chi connectivity index (χ3v) is 14.0. The van der Waals surface area contributed by atoms with Crippen molar-refractivity contribution in [1.29, 1.82) is 0 Å². The van der Waals surface area contributed by atoms with Crippen LogP contribution in [0.1, 0.15) is 271 Å². The average molecular weight is 1010 g/mol. The van der Waals surface area contributed by atoms with Crippen molar-refractivity contribution in [3.05, 3.63) is 48.6 Å². The molecule has 0 aliphatic rings. The summed E-state index contributed by atoms with van der Waals surface area (Å²) in [4.78, 5) is 37.6. The molecule has 70 heavy (non-hydrogen) atoms. The molecule has 0 saturated heterocycles. The Labute approximate surface area is 433 Å². The second-order valence-corrected chi connectivity index (χ2v) is 22.6. The summed E-state index contributed by atoms with van der Waals surface area (Å²) in [6, 6.07) is -0.856. The number of amides is 1. The van der Waals surface area contributed by atoms with Crippen molar-refractivity contribution in [3.8, 4) is 0 Å². The van der Waals surface area contributed by atoms with Crippen molar-refractivity contribution in [1.82, 2.24) is 5.32 Å². The number of likely N-dealkylation sites (N-methyl/N-ethyl adjacent to an activating group) is 1. The summed E-state index contributed by atoms with van der Waals surface area (Å²) in [6.07, 6.45) is 60.9. The number of esters is 1. The van der Waals surface area contributed by atoms with Crippen LogP contribution in [0, 0.1) is 0 Å². The molecule has 3 unspecified atom stereocenters. The van der Waals surface area contributed by atoms with E-state index >= 15 is 0 Å². The molecule has 9 nitrogen and oxygen atoms in total. The highest BCUT2D eigenvalue weighted by Crippen LogP contribution is 2.43. The number of quaternary nitrogens is 1. The number of carbonyl (C=O) groups excluding carboxylic acids is 2. The van der Waals surface area contributed by atoms with Crippen molar-refractivity contribution in [2.24, 2.45) is 0 Å². The first-order chi connectivity index (χ1) is 33.9. The average Bonchev–Trinajstić information content (AvgIpc) is 3.32. The number of nitrogens with one attached hydrogen (secondary N) is 1. The molecule has 0 aliphatic carbocycles. The number of rotatable bonds is 53. The zero-order chi connectivity index (χ0) is 51.5. The van der Waals surface area contributed by atoms with Gasteiger partial charge in [0.15, 0.2) is 0 Å². The van der Waals surface area contributed by atoms with Gasteiger partial charge in [0.05, 0.1) is 33.8 Å². The van der Waals surface area contributed by atoms with E-state index in [1.807, 2.05) is 33.3 Å². The first-order valence-corrected chi connectivity index (χ1v) is 31.0. The number of phosphoric ester groups is 1. The van der Waals surface area contributed by atoms with E-state index in [9.17, 15) is 19.0 Å². The number of hydrogen-bond donors (Lipinski definition) is 2. The molecule has 0 rings (SSSR count). The van der Waals surface area contributed by atoms with Crippen molar-refractivity contribution in [2.45, 2.75) is 283 Å². The molecule has 0 aromatic carbocycles. The van der Waals surface area contributed by atoms with Crippen LogP contribution in [-0.4, -0.2) is 74.3 Å². The Balaban J connectivity index is 5.38. The summed E-state index contributed by atoms with van der Waals surface area (Å²) >= 11 is 0. The maximum atomic E-state index is 13.5. The number of hydrogen-bond acceptors (Lipinski definition) is 6. The van der Waals surface area contributed by atoms with Crippen molar-refractivity contribution < 1.29 is 37.3 Å². The van der Waals surface area contributed by atoms with Gasteiger partial charge < -0.3 is 19.4 Å². The molecule has 0 saturated carbocycles. The molecule has 0 radical (unpaired) electrons. The Morgan fingerprint density at radius 1 is 0.500 bits per heavy atom. The van der Waals surface area contributed by atoms with E-state index in [4.69, 9.17) is 13.8 Å². The Morgan fingerprint density at radius 2 is 0.871 bits per heavy atom. The maximum absolute atomic E-state index is 13.5. The van der Waals surface area contributed by atoms with Crippen LogP contribution in [-0.2, 0) is 27.9 Å². The Bertz CT molecular complexity index is 1340. The van der Waals surface area contributed by atoms with Crippen LogP contribution in [0.25, 0.3) is 0 Å². The normalized spacial score (nSPS) is 14.1. The molecule has 3 atom stereocenters. The second-order valence-electron chi connectivity index (χ2n) is 21.2. The highest BCUT2D eigenvalue weighted by molar-refractivity contribution is 7.47. The predicted octanol–water partition coefficient (Wildman–Crippen LogP) is 17.7. The van der Waals surface area contributed by atoms with E-state index < -0.39 is 20.0 Å². The van der Waals surface area contributed by atoms with Gasteiger partial charge in [-0.3, -0.25) is 18.6 Å². The lowest BCUT2D eigenvalue weighted by atomic mass is 10.0. The lowest BCUT2D eigenvalue weighted by Gasteiger charge is -2.27. The molecule has 10 heteroatoms. The number of unbranched alkanes of at least 4 members (excludes halogenated alkanes) is 32. The summed E-state index contributed by atoms with van der Waals surface area (Å²) in [7, 11) is 1.49. The van der Waals surface area contributed by atoms with E-state index in [-0.39, 0.29) is 31.5 Å². The first kappa shape index (κ1) is 68.0.